The number of urea groups is 1. The Kier molecular flexibility index (Phi) is 6.38. The number of fused-ring (bicyclic) bond motifs is 1. The Balaban J connectivity index is 1.72. The maximum atomic E-state index is 11.9. The van der Waals surface area contributed by atoms with E-state index < -0.39 is 0 Å². The molecule has 2 N–H and O–H groups in total. The number of aromatic nitrogens is 2. The van der Waals surface area contributed by atoms with Crippen molar-refractivity contribution in [3.8, 4) is 11.4 Å². The summed E-state index contributed by atoms with van der Waals surface area (Å²) in [7, 11) is 2.13. The third kappa shape index (κ3) is 4.65. The van der Waals surface area contributed by atoms with E-state index in [-0.39, 0.29) is 12.1 Å². The van der Waals surface area contributed by atoms with Crippen LogP contribution in [-0.2, 0) is 17.7 Å². The molecule has 1 atom stereocenters. The monoisotopic (exact) mass is 424 g/mol. The van der Waals surface area contributed by atoms with Crippen molar-refractivity contribution in [3.63, 3.8) is 0 Å². The Morgan fingerprint density at radius 2 is 2.13 bits per heavy atom. The van der Waals surface area contributed by atoms with Crippen LogP contribution in [0.15, 0.2) is 18.2 Å². The summed E-state index contributed by atoms with van der Waals surface area (Å²) in [5, 5.41) is 5.62. The van der Waals surface area contributed by atoms with Gasteiger partial charge in [0.25, 0.3) is 0 Å². The summed E-state index contributed by atoms with van der Waals surface area (Å²) in [6.45, 7) is 10.8. The number of benzene rings is 1. The first-order valence-electron chi connectivity index (χ1n) is 11.0. The third-order valence-electron chi connectivity index (χ3n) is 5.94. The van der Waals surface area contributed by atoms with Crippen molar-refractivity contribution in [3.05, 3.63) is 35.0 Å². The van der Waals surface area contributed by atoms with Crippen LogP contribution in [0.25, 0.3) is 11.4 Å². The van der Waals surface area contributed by atoms with Gasteiger partial charge in [-0.2, -0.15) is 0 Å². The SMILES string of the molecule is CCNC(=O)Nc1ccc(-c2nc3c(c(N4CCOC[C@@H]4C)n2)CCN(C)C3)c(C)c1. The topological polar surface area (TPSA) is 82.6 Å². The standard InChI is InChI=1S/C23H32N6O2/c1-5-24-23(30)25-17-6-7-18(15(2)12-17)21-26-20-13-28(4)9-8-19(20)22(27-21)29-10-11-31-14-16(29)3/h6-7,12,16H,5,8-11,13-14H2,1-4H3,(H2,24,25,30)/t16-/m0/s1. The van der Waals surface area contributed by atoms with Crippen molar-refractivity contribution in [2.75, 3.05) is 50.1 Å². The van der Waals surface area contributed by atoms with E-state index in [9.17, 15) is 4.79 Å². The van der Waals surface area contributed by atoms with Crippen LogP contribution in [0.2, 0.25) is 0 Å². The number of carbonyl (C=O) groups excluding carboxylic acids is 1. The number of likely N-dealkylation sites (N-methyl/N-ethyl adjacent to an activating group) is 1. The van der Waals surface area contributed by atoms with Crippen molar-refractivity contribution in [2.24, 2.45) is 0 Å². The van der Waals surface area contributed by atoms with Crippen LogP contribution in [0.3, 0.4) is 0 Å². The van der Waals surface area contributed by atoms with Gasteiger partial charge in [-0.15, -0.1) is 0 Å². The maximum Gasteiger partial charge on any atom is 0.319 e. The molecule has 1 fully saturated rings. The minimum absolute atomic E-state index is 0.202. The van der Waals surface area contributed by atoms with Gasteiger partial charge in [-0.1, -0.05) is 0 Å². The predicted octanol–water partition coefficient (Wildman–Crippen LogP) is 2.81. The zero-order valence-corrected chi connectivity index (χ0v) is 18.9. The van der Waals surface area contributed by atoms with Crippen molar-refractivity contribution >= 4 is 17.5 Å². The molecule has 0 unspecified atom stereocenters. The summed E-state index contributed by atoms with van der Waals surface area (Å²) in [6, 6.07) is 5.95. The molecule has 0 bridgehead atoms. The fourth-order valence-corrected chi connectivity index (χ4v) is 4.27. The van der Waals surface area contributed by atoms with Gasteiger partial charge in [-0.3, -0.25) is 0 Å². The lowest BCUT2D eigenvalue weighted by atomic mass is 10.0. The molecule has 4 rings (SSSR count). The van der Waals surface area contributed by atoms with E-state index >= 15 is 0 Å². The first-order valence-corrected chi connectivity index (χ1v) is 11.0. The number of morpholine rings is 1. The summed E-state index contributed by atoms with van der Waals surface area (Å²) < 4.78 is 5.66. The molecule has 0 spiro atoms. The van der Waals surface area contributed by atoms with Gasteiger partial charge in [0.2, 0.25) is 0 Å². The van der Waals surface area contributed by atoms with Gasteiger partial charge in [-0.25, -0.2) is 14.8 Å². The van der Waals surface area contributed by atoms with Gasteiger partial charge < -0.3 is 25.2 Å². The highest BCUT2D eigenvalue weighted by molar-refractivity contribution is 5.89. The quantitative estimate of drug-likeness (QED) is 0.785. The molecule has 1 aromatic carbocycles. The molecule has 1 aromatic heterocycles. The normalized spacial score (nSPS) is 19.1. The molecule has 0 aliphatic carbocycles. The lowest BCUT2D eigenvalue weighted by Gasteiger charge is -2.37. The first kappa shape index (κ1) is 21.5. The number of hydrogen-bond acceptors (Lipinski definition) is 6. The summed E-state index contributed by atoms with van der Waals surface area (Å²) in [6.07, 6.45) is 0.958. The summed E-state index contributed by atoms with van der Waals surface area (Å²) in [5.41, 5.74) is 5.14. The molecule has 0 radical (unpaired) electrons. The average Bonchev–Trinajstić information content (AvgIpc) is 2.73. The van der Waals surface area contributed by atoms with Crippen LogP contribution in [0.4, 0.5) is 16.3 Å². The molecule has 2 aliphatic rings. The largest absolute Gasteiger partial charge is 0.377 e. The predicted molar refractivity (Wildman–Crippen MR) is 123 cm³/mol. The lowest BCUT2D eigenvalue weighted by molar-refractivity contribution is 0.0983. The Labute approximate surface area is 184 Å². The van der Waals surface area contributed by atoms with Crippen LogP contribution in [0.5, 0.6) is 0 Å². The molecule has 8 nitrogen and oxygen atoms in total. The van der Waals surface area contributed by atoms with Crippen molar-refractivity contribution < 1.29 is 9.53 Å². The molecule has 2 aromatic rings. The van der Waals surface area contributed by atoms with Crippen molar-refractivity contribution in [1.29, 1.82) is 0 Å². The highest BCUT2D eigenvalue weighted by Crippen LogP contribution is 2.32. The number of hydrogen-bond donors (Lipinski definition) is 2. The second-order valence-corrected chi connectivity index (χ2v) is 8.42. The van der Waals surface area contributed by atoms with Crippen LogP contribution in [0.1, 0.15) is 30.7 Å². The maximum absolute atomic E-state index is 11.9. The molecular weight excluding hydrogens is 392 g/mol. The fraction of sp³-hybridized carbons (Fsp3) is 0.522. The summed E-state index contributed by atoms with van der Waals surface area (Å²) >= 11 is 0. The molecule has 31 heavy (non-hydrogen) atoms. The number of carbonyl (C=O) groups is 1. The molecule has 0 saturated carbocycles. The smallest absolute Gasteiger partial charge is 0.319 e. The van der Waals surface area contributed by atoms with Crippen LogP contribution >= 0.6 is 0 Å². The van der Waals surface area contributed by atoms with Gasteiger partial charge in [0, 0.05) is 43.0 Å². The number of nitrogens with one attached hydrogen (secondary N) is 2. The lowest BCUT2D eigenvalue weighted by Crippen LogP contribution is -2.45. The van der Waals surface area contributed by atoms with Gasteiger partial charge >= 0.3 is 6.03 Å². The van der Waals surface area contributed by atoms with Gasteiger partial charge in [0.1, 0.15) is 5.82 Å². The van der Waals surface area contributed by atoms with Crippen molar-refractivity contribution in [1.82, 2.24) is 20.2 Å². The van der Waals surface area contributed by atoms with Crippen LogP contribution in [-0.4, -0.2) is 66.8 Å². The Bertz CT molecular complexity index is 963. The van der Waals surface area contributed by atoms with Gasteiger partial charge in [0.05, 0.1) is 24.9 Å². The number of amides is 2. The van der Waals surface area contributed by atoms with E-state index in [0.717, 1.165) is 66.8 Å². The third-order valence-corrected chi connectivity index (χ3v) is 5.94. The highest BCUT2D eigenvalue weighted by atomic mass is 16.5. The zero-order chi connectivity index (χ0) is 22.0. The zero-order valence-electron chi connectivity index (χ0n) is 18.9. The molecule has 3 heterocycles. The average molecular weight is 425 g/mol. The molecule has 1 saturated heterocycles. The van der Waals surface area contributed by atoms with E-state index in [1.807, 2.05) is 32.0 Å². The minimum Gasteiger partial charge on any atom is -0.377 e. The molecular formula is C23H32N6O2. The molecule has 8 heteroatoms. The number of rotatable bonds is 4. The molecule has 2 aliphatic heterocycles. The van der Waals surface area contributed by atoms with E-state index in [2.05, 4.69) is 34.4 Å². The first-order chi connectivity index (χ1) is 15.0. The Morgan fingerprint density at radius 1 is 1.29 bits per heavy atom. The summed E-state index contributed by atoms with van der Waals surface area (Å²) in [5.74, 6) is 1.79. The van der Waals surface area contributed by atoms with Crippen molar-refractivity contribution in [2.45, 2.75) is 39.8 Å². The number of anilines is 2. The minimum atomic E-state index is -0.202. The summed E-state index contributed by atoms with van der Waals surface area (Å²) in [4.78, 5) is 26.6. The second-order valence-electron chi connectivity index (χ2n) is 8.42. The highest BCUT2D eigenvalue weighted by Gasteiger charge is 2.28. The van der Waals surface area contributed by atoms with E-state index in [1.165, 1.54) is 5.56 Å². The number of ether oxygens (including phenoxy) is 1. The Morgan fingerprint density at radius 3 is 2.87 bits per heavy atom. The van der Waals surface area contributed by atoms with Gasteiger partial charge in [0.15, 0.2) is 5.82 Å². The fourth-order valence-electron chi connectivity index (χ4n) is 4.27. The molecule has 166 valence electrons. The Hall–Kier alpha value is -2.71. The van der Waals surface area contributed by atoms with E-state index in [4.69, 9.17) is 14.7 Å². The number of nitrogens with zero attached hydrogens (tertiary/aromatic N) is 4. The van der Waals surface area contributed by atoms with Crippen LogP contribution in [0, 0.1) is 6.92 Å². The van der Waals surface area contributed by atoms with Gasteiger partial charge in [-0.05, 0) is 58.0 Å². The molecule has 2 amide bonds. The van der Waals surface area contributed by atoms with E-state index in [0.29, 0.717) is 13.2 Å². The van der Waals surface area contributed by atoms with Crippen LogP contribution < -0.4 is 15.5 Å². The van der Waals surface area contributed by atoms with E-state index in [1.54, 1.807) is 0 Å². The number of aryl methyl sites for hydroxylation is 1. The second kappa shape index (κ2) is 9.20.